The number of sulfonamides is 1. The number of amides is 3. The molecule has 0 spiro atoms. The number of primary sulfonamides is 1. The predicted molar refractivity (Wildman–Crippen MR) is 162 cm³/mol. The van der Waals surface area contributed by atoms with Crippen molar-refractivity contribution in [2.75, 3.05) is 10.2 Å². The van der Waals surface area contributed by atoms with Gasteiger partial charge in [0.15, 0.2) is 0 Å². The van der Waals surface area contributed by atoms with E-state index in [1.807, 2.05) is 0 Å². The van der Waals surface area contributed by atoms with Gasteiger partial charge in [-0.2, -0.15) is 0 Å². The molecule has 3 atom stereocenters. The minimum Gasteiger partial charge on any atom is -0.325 e. The summed E-state index contributed by atoms with van der Waals surface area (Å²) in [5.41, 5.74) is 1.00. The molecule has 2 unspecified atom stereocenters. The van der Waals surface area contributed by atoms with Gasteiger partial charge in [-0.15, -0.1) is 0 Å². The highest BCUT2D eigenvalue weighted by atomic mass is 32.2. The first-order valence-corrected chi connectivity index (χ1v) is 16.2. The number of nitrogens with two attached hydrogens (primary N) is 1. The van der Waals surface area contributed by atoms with Crippen molar-refractivity contribution < 1.29 is 27.7 Å². The Morgan fingerprint density at radius 1 is 0.955 bits per heavy atom. The molecule has 3 aromatic carbocycles. The lowest BCUT2D eigenvalue weighted by Gasteiger charge is -2.30. The molecular weight excluding hydrogens is 631 g/mol. The Labute approximate surface area is 257 Å². The summed E-state index contributed by atoms with van der Waals surface area (Å²) in [4.78, 5) is 65.5. The number of hydrogen-bond donors (Lipinski definition) is 2. The normalized spacial score (nSPS) is 19.4. The van der Waals surface area contributed by atoms with Gasteiger partial charge < -0.3 is 5.32 Å². The Balaban J connectivity index is 1.34. The summed E-state index contributed by atoms with van der Waals surface area (Å²) < 4.78 is 24.3. The number of nitrogens with one attached hydrogen (secondary N) is 1. The SMILES string of the molecule is NS(=O)(=O)c1ccc(NC(=O)Cn2c3c(sc2=O)[C@H](c2ccccc2)C2C(=O)N(c4ccc([N+](=O)[O-])cc4)C(=O)C2S3)cc1. The van der Waals surface area contributed by atoms with Gasteiger partial charge >= 0.3 is 4.87 Å². The number of non-ortho nitro benzene ring substituents is 1. The summed E-state index contributed by atoms with van der Waals surface area (Å²) in [5.74, 6) is -3.12. The molecule has 224 valence electrons. The monoisotopic (exact) mass is 651 g/mol. The third-order valence-corrected chi connectivity index (χ3v) is 10.8. The van der Waals surface area contributed by atoms with Gasteiger partial charge in [-0.3, -0.25) is 33.9 Å². The molecule has 16 heteroatoms. The van der Waals surface area contributed by atoms with Crippen LogP contribution in [0, 0.1) is 16.0 Å². The first kappa shape index (κ1) is 29.4. The van der Waals surface area contributed by atoms with E-state index in [0.717, 1.165) is 28.0 Å². The first-order valence-electron chi connectivity index (χ1n) is 12.9. The van der Waals surface area contributed by atoms with E-state index in [0.29, 0.717) is 15.5 Å². The van der Waals surface area contributed by atoms with Gasteiger partial charge in [0.05, 0.1) is 26.5 Å². The van der Waals surface area contributed by atoms with Crippen LogP contribution in [-0.4, -0.2) is 40.9 Å². The summed E-state index contributed by atoms with van der Waals surface area (Å²) in [6.07, 6.45) is 0. The predicted octanol–water partition coefficient (Wildman–Crippen LogP) is 2.90. The number of benzene rings is 3. The summed E-state index contributed by atoms with van der Waals surface area (Å²) in [6, 6.07) is 19.3. The lowest BCUT2D eigenvalue weighted by Crippen LogP contribution is -2.33. The van der Waals surface area contributed by atoms with E-state index in [2.05, 4.69) is 5.32 Å². The number of carbonyl (C=O) groups excluding carboxylic acids is 3. The average molecular weight is 652 g/mol. The van der Waals surface area contributed by atoms with E-state index in [1.54, 1.807) is 30.3 Å². The Kier molecular flexibility index (Phi) is 7.44. The van der Waals surface area contributed by atoms with E-state index in [4.69, 9.17) is 5.14 Å². The Morgan fingerprint density at radius 3 is 2.23 bits per heavy atom. The van der Waals surface area contributed by atoms with E-state index in [1.165, 1.54) is 53.1 Å². The number of nitrogens with zero attached hydrogens (tertiary/aromatic N) is 3. The highest BCUT2D eigenvalue weighted by molar-refractivity contribution is 8.00. The number of carbonyl (C=O) groups is 3. The van der Waals surface area contributed by atoms with Crippen LogP contribution < -0.4 is 20.2 Å². The molecule has 6 rings (SSSR count). The van der Waals surface area contributed by atoms with E-state index in [-0.39, 0.29) is 22.0 Å². The summed E-state index contributed by atoms with van der Waals surface area (Å²) >= 11 is 1.93. The molecular formula is C28H21N5O8S3. The van der Waals surface area contributed by atoms with Crippen molar-refractivity contribution in [3.8, 4) is 0 Å². The van der Waals surface area contributed by atoms with Crippen LogP contribution in [0.5, 0.6) is 0 Å². The van der Waals surface area contributed by atoms with E-state index < -0.39 is 61.2 Å². The van der Waals surface area contributed by atoms with Crippen LogP contribution >= 0.6 is 23.1 Å². The number of thioether (sulfide) groups is 1. The molecule has 1 saturated heterocycles. The zero-order chi connectivity index (χ0) is 31.3. The summed E-state index contributed by atoms with van der Waals surface area (Å²) in [6.45, 7) is -0.401. The first-order chi connectivity index (χ1) is 20.9. The van der Waals surface area contributed by atoms with Crippen LogP contribution in [0.15, 0.2) is 93.6 Å². The maximum Gasteiger partial charge on any atom is 0.308 e. The Morgan fingerprint density at radius 2 is 1.61 bits per heavy atom. The van der Waals surface area contributed by atoms with E-state index in [9.17, 15) is 37.7 Å². The van der Waals surface area contributed by atoms with Gasteiger partial charge in [0.2, 0.25) is 27.7 Å². The van der Waals surface area contributed by atoms with Crippen LogP contribution in [0.1, 0.15) is 16.4 Å². The number of thiazole rings is 1. The number of nitro groups is 1. The summed E-state index contributed by atoms with van der Waals surface area (Å²) in [5, 5.41) is 18.3. The molecule has 1 fully saturated rings. The topological polar surface area (TPSA) is 192 Å². The van der Waals surface area contributed by atoms with Gasteiger partial charge in [-0.1, -0.05) is 53.4 Å². The standard InChI is InChI=1S/C28H21N5O8S3/c29-44(40,41)19-12-6-16(7-13-19)30-20(34)14-31-27-24(43-28(31)37)21(15-4-2-1-3-5-15)22-23(42-27)26(36)32(25(22)35)17-8-10-18(11-9-17)33(38)39/h1-13,21-23H,14H2,(H,30,34)(H2,29,40,41)/t21-,22?,23?/m1/s1. The molecule has 1 aromatic heterocycles. The highest BCUT2D eigenvalue weighted by Crippen LogP contribution is 2.53. The molecule has 13 nitrogen and oxygen atoms in total. The van der Waals surface area contributed by atoms with Gasteiger partial charge in [0.25, 0.3) is 5.69 Å². The van der Waals surface area contributed by atoms with Crippen LogP contribution in [0.25, 0.3) is 0 Å². The molecule has 3 amide bonds. The Hall–Kier alpha value is -4.64. The number of rotatable bonds is 7. The van der Waals surface area contributed by atoms with E-state index >= 15 is 0 Å². The van der Waals surface area contributed by atoms with Gasteiger partial charge in [0.1, 0.15) is 11.8 Å². The maximum atomic E-state index is 13.9. The lowest BCUT2D eigenvalue weighted by atomic mass is 9.83. The highest BCUT2D eigenvalue weighted by Gasteiger charge is 2.56. The molecule has 3 heterocycles. The number of hydrogen-bond acceptors (Lipinski definition) is 10. The fraction of sp³-hybridized carbons (Fsp3) is 0.143. The number of fused-ring (bicyclic) bond motifs is 2. The second-order valence-corrected chi connectivity index (χ2v) is 13.7. The fourth-order valence-corrected chi connectivity index (χ4v) is 8.61. The van der Waals surface area contributed by atoms with Gasteiger partial charge in [-0.25, -0.2) is 18.5 Å². The average Bonchev–Trinajstić information content (AvgIpc) is 3.43. The largest absolute Gasteiger partial charge is 0.325 e. The van der Waals surface area contributed by atoms with Crippen molar-refractivity contribution in [2.45, 2.75) is 27.6 Å². The molecule has 3 N–H and O–H groups in total. The smallest absolute Gasteiger partial charge is 0.308 e. The second-order valence-electron chi connectivity index (χ2n) is 9.98. The number of nitro benzene ring substituents is 1. The third kappa shape index (κ3) is 5.21. The third-order valence-electron chi connectivity index (χ3n) is 7.30. The number of anilines is 2. The van der Waals surface area contributed by atoms with Crippen LogP contribution in [-0.2, 0) is 31.0 Å². The minimum absolute atomic E-state index is 0.130. The number of aromatic nitrogens is 1. The quantitative estimate of drug-likeness (QED) is 0.172. The van der Waals surface area contributed by atoms with Crippen molar-refractivity contribution >= 4 is 67.9 Å². The molecule has 4 aromatic rings. The van der Waals surface area contributed by atoms with Crippen molar-refractivity contribution in [2.24, 2.45) is 11.1 Å². The van der Waals surface area contributed by atoms with Gasteiger partial charge in [0, 0.05) is 28.6 Å². The molecule has 0 radical (unpaired) electrons. The molecule has 0 aliphatic carbocycles. The van der Waals surface area contributed by atoms with Crippen LogP contribution in [0.4, 0.5) is 17.1 Å². The van der Waals surface area contributed by atoms with Crippen LogP contribution in [0.3, 0.4) is 0 Å². The zero-order valence-electron chi connectivity index (χ0n) is 22.4. The lowest BCUT2D eigenvalue weighted by molar-refractivity contribution is -0.384. The maximum absolute atomic E-state index is 13.9. The van der Waals surface area contributed by atoms with Crippen LogP contribution in [0.2, 0.25) is 0 Å². The Bertz CT molecular complexity index is 1990. The zero-order valence-corrected chi connectivity index (χ0v) is 24.8. The molecule has 0 saturated carbocycles. The molecule has 2 aliphatic rings. The van der Waals surface area contributed by atoms with Gasteiger partial charge in [-0.05, 0) is 42.0 Å². The number of imide groups is 1. The molecule has 44 heavy (non-hydrogen) atoms. The van der Waals surface area contributed by atoms with Crippen molar-refractivity contribution in [3.05, 3.63) is 109 Å². The molecule has 2 aliphatic heterocycles. The molecule has 0 bridgehead atoms. The second kappa shape index (κ2) is 11.1. The van der Waals surface area contributed by atoms with Crippen molar-refractivity contribution in [1.82, 2.24) is 4.57 Å². The van der Waals surface area contributed by atoms with Crippen molar-refractivity contribution in [1.29, 1.82) is 0 Å². The summed E-state index contributed by atoms with van der Waals surface area (Å²) in [7, 11) is -3.92. The van der Waals surface area contributed by atoms with Crippen molar-refractivity contribution in [3.63, 3.8) is 0 Å². The fourth-order valence-electron chi connectivity index (χ4n) is 5.32. The minimum atomic E-state index is -3.92.